The zero-order valence-electron chi connectivity index (χ0n) is 17.9. The quantitative estimate of drug-likeness (QED) is 0.374. The van der Waals surface area contributed by atoms with Crippen molar-refractivity contribution in [1.29, 1.82) is 0 Å². The molecule has 0 aliphatic heterocycles. The second-order valence-corrected chi connectivity index (χ2v) is 8.36. The van der Waals surface area contributed by atoms with E-state index < -0.39 is 0 Å². The Labute approximate surface area is 165 Å². The van der Waals surface area contributed by atoms with Crippen LogP contribution in [0.3, 0.4) is 0 Å². The molecular formula is C24H38O3. The number of rotatable bonds is 9. The van der Waals surface area contributed by atoms with Crippen molar-refractivity contribution in [2.24, 2.45) is 23.7 Å². The van der Waals surface area contributed by atoms with E-state index in [9.17, 15) is 14.4 Å². The molecule has 0 aromatic heterocycles. The smallest absolute Gasteiger partial charge is 0.155 e. The van der Waals surface area contributed by atoms with Crippen molar-refractivity contribution >= 4 is 17.3 Å². The van der Waals surface area contributed by atoms with E-state index in [1.807, 2.05) is 13.8 Å². The van der Waals surface area contributed by atoms with Gasteiger partial charge >= 0.3 is 0 Å². The Balaban J connectivity index is 2.92. The van der Waals surface area contributed by atoms with Crippen molar-refractivity contribution in [3.8, 4) is 0 Å². The zero-order chi connectivity index (χ0) is 20.4. The van der Waals surface area contributed by atoms with Crippen LogP contribution in [0.5, 0.6) is 0 Å². The minimum Gasteiger partial charge on any atom is -0.300 e. The lowest BCUT2D eigenvalue weighted by atomic mass is 9.75. The topological polar surface area (TPSA) is 51.2 Å². The number of hydrogen-bond acceptors (Lipinski definition) is 3. The summed E-state index contributed by atoms with van der Waals surface area (Å²) in [5, 5.41) is 0. The van der Waals surface area contributed by atoms with Crippen molar-refractivity contribution in [1.82, 2.24) is 0 Å². The number of hydrogen-bond donors (Lipinski definition) is 0. The van der Waals surface area contributed by atoms with Crippen LogP contribution in [0.4, 0.5) is 0 Å². The average Bonchev–Trinajstić information content (AvgIpc) is 2.57. The fourth-order valence-corrected chi connectivity index (χ4v) is 4.30. The predicted molar refractivity (Wildman–Crippen MR) is 112 cm³/mol. The summed E-state index contributed by atoms with van der Waals surface area (Å²) in [6, 6.07) is 0. The molecule has 0 spiro atoms. The van der Waals surface area contributed by atoms with Gasteiger partial charge in [0.25, 0.3) is 0 Å². The first kappa shape index (κ1) is 23.5. The van der Waals surface area contributed by atoms with Crippen LogP contribution >= 0.6 is 0 Å². The first-order valence-corrected chi connectivity index (χ1v) is 10.7. The number of carbonyl (C=O) groups excluding carboxylic acids is 3. The third-order valence-corrected chi connectivity index (χ3v) is 5.90. The van der Waals surface area contributed by atoms with Crippen molar-refractivity contribution in [2.45, 2.75) is 86.0 Å². The summed E-state index contributed by atoms with van der Waals surface area (Å²) >= 11 is 0. The van der Waals surface area contributed by atoms with Crippen LogP contribution in [0.15, 0.2) is 23.8 Å². The number of Topliss-reactive ketones (excluding diaryl/α,β-unsaturated/α-hetero) is 2. The van der Waals surface area contributed by atoms with Crippen molar-refractivity contribution in [2.75, 3.05) is 0 Å². The van der Waals surface area contributed by atoms with Gasteiger partial charge in [-0.05, 0) is 63.4 Å². The molecular weight excluding hydrogens is 336 g/mol. The van der Waals surface area contributed by atoms with E-state index in [1.165, 1.54) is 6.92 Å². The lowest BCUT2D eigenvalue weighted by Gasteiger charge is -2.29. The average molecular weight is 375 g/mol. The molecule has 0 radical (unpaired) electrons. The van der Waals surface area contributed by atoms with Gasteiger partial charge in [-0.1, -0.05) is 51.3 Å². The maximum Gasteiger partial charge on any atom is 0.155 e. The van der Waals surface area contributed by atoms with Crippen molar-refractivity contribution in [3.63, 3.8) is 0 Å². The van der Waals surface area contributed by atoms with Crippen molar-refractivity contribution in [3.05, 3.63) is 23.8 Å². The van der Waals surface area contributed by atoms with Crippen LogP contribution in [0, 0.1) is 23.7 Å². The highest BCUT2D eigenvalue weighted by Crippen LogP contribution is 2.33. The lowest BCUT2D eigenvalue weighted by Crippen LogP contribution is -2.27. The Kier molecular flexibility index (Phi) is 10.5. The van der Waals surface area contributed by atoms with Gasteiger partial charge < -0.3 is 0 Å². The molecule has 0 bridgehead atoms. The maximum atomic E-state index is 12.6. The monoisotopic (exact) mass is 374 g/mol. The van der Waals surface area contributed by atoms with Crippen LogP contribution in [-0.2, 0) is 14.4 Å². The molecule has 1 aliphatic carbocycles. The number of ketones is 3. The summed E-state index contributed by atoms with van der Waals surface area (Å²) in [5.74, 6) is 1.05. The molecule has 0 heterocycles. The summed E-state index contributed by atoms with van der Waals surface area (Å²) in [4.78, 5) is 36.5. The minimum atomic E-state index is -0.0628. The standard InChI is InChI=1S/C24H38O3/c1-6-10-21(23(7-2)24(27)14-19(5)25)15-20-12-9-8-11-17(3)18(4)13-22(26)16-20/h8,11,13,17,20-21,23H,6-7,9-10,12,14-16H2,1-5H3/b11-8?,18-13+. The SMILES string of the molecule is CCCC(CC1CCC=CC(C)/C(C)=C/C(=O)C1)C(CC)C(=O)CC(C)=O. The van der Waals surface area contributed by atoms with E-state index in [4.69, 9.17) is 0 Å². The molecule has 4 unspecified atom stereocenters. The molecule has 1 aliphatic rings. The summed E-state index contributed by atoms with van der Waals surface area (Å²) in [5.41, 5.74) is 1.12. The van der Waals surface area contributed by atoms with Gasteiger partial charge in [-0.25, -0.2) is 0 Å². The normalized spacial score (nSPS) is 25.4. The van der Waals surface area contributed by atoms with Gasteiger partial charge in [0.1, 0.15) is 11.6 Å². The zero-order valence-corrected chi connectivity index (χ0v) is 17.9. The summed E-state index contributed by atoms with van der Waals surface area (Å²) in [7, 11) is 0. The molecule has 3 heteroatoms. The molecule has 4 atom stereocenters. The van der Waals surface area contributed by atoms with E-state index in [0.717, 1.165) is 44.1 Å². The van der Waals surface area contributed by atoms with Gasteiger partial charge in [0.2, 0.25) is 0 Å². The van der Waals surface area contributed by atoms with Crippen LogP contribution in [0.2, 0.25) is 0 Å². The number of carbonyl (C=O) groups is 3. The van der Waals surface area contributed by atoms with Gasteiger partial charge in [0.05, 0.1) is 6.42 Å². The molecule has 0 N–H and O–H groups in total. The van der Waals surface area contributed by atoms with Crippen LogP contribution < -0.4 is 0 Å². The lowest BCUT2D eigenvalue weighted by molar-refractivity contribution is -0.129. The van der Waals surface area contributed by atoms with Gasteiger partial charge in [-0.3, -0.25) is 14.4 Å². The Hall–Kier alpha value is -1.51. The molecule has 1 rings (SSSR count). The highest BCUT2D eigenvalue weighted by atomic mass is 16.1. The largest absolute Gasteiger partial charge is 0.300 e. The summed E-state index contributed by atoms with van der Waals surface area (Å²) < 4.78 is 0. The fraction of sp³-hybridized carbons (Fsp3) is 0.708. The first-order valence-electron chi connectivity index (χ1n) is 10.7. The Morgan fingerprint density at radius 1 is 1.26 bits per heavy atom. The summed E-state index contributed by atoms with van der Waals surface area (Å²) in [6.07, 6.45) is 12.5. The van der Waals surface area contributed by atoms with Crippen LogP contribution in [0.1, 0.15) is 86.0 Å². The Morgan fingerprint density at radius 3 is 2.56 bits per heavy atom. The van der Waals surface area contributed by atoms with Crippen molar-refractivity contribution < 1.29 is 14.4 Å². The van der Waals surface area contributed by atoms with E-state index >= 15 is 0 Å². The van der Waals surface area contributed by atoms with Crippen LogP contribution in [-0.4, -0.2) is 17.3 Å². The third-order valence-electron chi connectivity index (χ3n) is 5.90. The van der Waals surface area contributed by atoms with E-state index in [1.54, 1.807) is 6.08 Å². The molecule has 0 amide bonds. The highest BCUT2D eigenvalue weighted by Gasteiger charge is 2.29. The van der Waals surface area contributed by atoms with E-state index in [2.05, 4.69) is 26.0 Å². The Bertz CT molecular complexity index is 570. The fourth-order valence-electron chi connectivity index (χ4n) is 4.30. The molecule has 3 nitrogen and oxygen atoms in total. The molecule has 0 saturated heterocycles. The number of allylic oxidation sites excluding steroid dienone is 4. The maximum absolute atomic E-state index is 12.6. The van der Waals surface area contributed by atoms with Gasteiger partial charge in [-0.15, -0.1) is 0 Å². The molecule has 27 heavy (non-hydrogen) atoms. The van der Waals surface area contributed by atoms with E-state index in [-0.39, 0.29) is 35.6 Å². The molecule has 152 valence electrons. The van der Waals surface area contributed by atoms with E-state index in [0.29, 0.717) is 18.3 Å². The third kappa shape index (κ3) is 8.36. The minimum absolute atomic E-state index is 0.0465. The van der Waals surface area contributed by atoms with Gasteiger partial charge in [0.15, 0.2) is 5.78 Å². The predicted octanol–water partition coefficient (Wildman–Crippen LogP) is 5.88. The second kappa shape index (κ2) is 12.0. The molecule has 0 aromatic carbocycles. The van der Waals surface area contributed by atoms with Gasteiger partial charge in [0, 0.05) is 12.3 Å². The summed E-state index contributed by atoms with van der Waals surface area (Å²) in [6.45, 7) is 9.82. The first-order chi connectivity index (χ1) is 12.8. The molecule has 0 fully saturated rings. The highest BCUT2D eigenvalue weighted by molar-refractivity contribution is 5.99. The molecule has 0 aromatic rings. The second-order valence-electron chi connectivity index (χ2n) is 8.36. The Morgan fingerprint density at radius 2 is 1.96 bits per heavy atom. The van der Waals surface area contributed by atoms with Gasteiger partial charge in [-0.2, -0.15) is 0 Å². The molecule has 0 saturated carbocycles. The van der Waals surface area contributed by atoms with Crippen LogP contribution in [0.25, 0.3) is 0 Å².